The number of carbonyl (C=O) groups excluding carboxylic acids is 1. The van der Waals surface area contributed by atoms with Crippen molar-refractivity contribution in [2.45, 2.75) is 43.4 Å². The average molecular weight is 269 g/mol. The number of rotatable bonds is 5. The Hall–Kier alpha value is -1.20. The topological polar surface area (TPSA) is 77.2 Å². The van der Waals surface area contributed by atoms with E-state index in [-0.39, 0.29) is 23.1 Å². The van der Waals surface area contributed by atoms with Gasteiger partial charge in [-0.3, -0.25) is 4.79 Å². The van der Waals surface area contributed by atoms with Crippen LogP contribution >= 0.6 is 0 Å². The molecule has 18 heavy (non-hydrogen) atoms. The molecule has 100 valence electrons. The molecule has 0 saturated heterocycles. The maximum Gasteiger partial charge on any atom is 0.180 e. The van der Waals surface area contributed by atoms with Crippen LogP contribution in [-0.4, -0.2) is 19.5 Å². The van der Waals surface area contributed by atoms with E-state index in [2.05, 4.69) is 0 Å². The van der Waals surface area contributed by atoms with Gasteiger partial charge >= 0.3 is 0 Å². The van der Waals surface area contributed by atoms with Crippen molar-refractivity contribution in [2.75, 3.05) is 0 Å². The van der Waals surface area contributed by atoms with Crippen molar-refractivity contribution < 1.29 is 13.2 Å². The second-order valence-electron chi connectivity index (χ2n) is 4.68. The summed E-state index contributed by atoms with van der Waals surface area (Å²) >= 11 is 0. The standard InChI is InChI=1S/C13H19NO3S/c1-9(2)18(16,17)12-6-4-11(5-7-12)13(14)8-10(3)15/h4-7,9,13H,8,14H2,1-3H3. The lowest BCUT2D eigenvalue weighted by Gasteiger charge is -2.12. The first-order valence-corrected chi connectivity index (χ1v) is 7.38. The molecule has 0 fully saturated rings. The maximum atomic E-state index is 11.9. The van der Waals surface area contributed by atoms with Crippen LogP contribution < -0.4 is 5.73 Å². The molecule has 0 aliphatic heterocycles. The molecular weight excluding hydrogens is 250 g/mol. The lowest BCUT2D eigenvalue weighted by atomic mass is 10.0. The van der Waals surface area contributed by atoms with Crippen molar-refractivity contribution >= 4 is 15.6 Å². The average Bonchev–Trinajstić information content (AvgIpc) is 2.28. The summed E-state index contributed by atoms with van der Waals surface area (Å²) < 4.78 is 23.8. The van der Waals surface area contributed by atoms with Gasteiger partial charge < -0.3 is 5.73 Å². The zero-order chi connectivity index (χ0) is 13.9. The molecule has 4 nitrogen and oxygen atoms in total. The molecule has 1 aromatic rings. The van der Waals surface area contributed by atoms with Crippen molar-refractivity contribution in [1.29, 1.82) is 0 Å². The summed E-state index contributed by atoms with van der Waals surface area (Å²) in [5.41, 5.74) is 6.62. The Kier molecular flexibility index (Phi) is 4.65. The van der Waals surface area contributed by atoms with Crippen LogP contribution in [0.1, 0.15) is 38.8 Å². The van der Waals surface area contributed by atoms with Gasteiger partial charge in [0.15, 0.2) is 9.84 Å². The second-order valence-corrected chi connectivity index (χ2v) is 7.18. The second kappa shape index (κ2) is 5.63. The van der Waals surface area contributed by atoms with Crippen molar-refractivity contribution in [3.63, 3.8) is 0 Å². The molecule has 1 aromatic carbocycles. The van der Waals surface area contributed by atoms with E-state index in [1.807, 2.05) is 0 Å². The van der Waals surface area contributed by atoms with Gasteiger partial charge in [-0.2, -0.15) is 0 Å². The number of hydrogen-bond donors (Lipinski definition) is 1. The van der Waals surface area contributed by atoms with Gasteiger partial charge in [0.2, 0.25) is 0 Å². The smallest absolute Gasteiger partial charge is 0.180 e. The summed E-state index contributed by atoms with van der Waals surface area (Å²) in [5, 5.41) is -0.450. The highest BCUT2D eigenvalue weighted by molar-refractivity contribution is 7.92. The van der Waals surface area contributed by atoms with Crippen molar-refractivity contribution in [1.82, 2.24) is 0 Å². The first-order valence-electron chi connectivity index (χ1n) is 5.84. The molecule has 0 spiro atoms. The van der Waals surface area contributed by atoms with Crippen molar-refractivity contribution in [2.24, 2.45) is 5.73 Å². The van der Waals surface area contributed by atoms with Crippen LogP contribution in [0.25, 0.3) is 0 Å². The van der Waals surface area contributed by atoms with Crippen LogP contribution in [0.3, 0.4) is 0 Å². The molecule has 0 aliphatic rings. The predicted molar refractivity (Wildman–Crippen MR) is 71.0 cm³/mol. The minimum absolute atomic E-state index is 0.0152. The van der Waals surface area contributed by atoms with Crippen LogP contribution in [-0.2, 0) is 14.6 Å². The zero-order valence-corrected chi connectivity index (χ0v) is 11.7. The summed E-state index contributed by atoms with van der Waals surface area (Å²) in [6, 6.07) is 6.06. The van der Waals surface area contributed by atoms with Crippen LogP contribution in [0, 0.1) is 0 Å². The van der Waals surface area contributed by atoms with Gasteiger partial charge in [0.05, 0.1) is 10.1 Å². The van der Waals surface area contributed by atoms with E-state index < -0.39 is 15.1 Å². The molecule has 5 heteroatoms. The molecule has 0 heterocycles. The van der Waals surface area contributed by atoms with Gasteiger partial charge in [0, 0.05) is 12.5 Å². The number of nitrogens with two attached hydrogens (primary N) is 1. The Balaban J connectivity index is 2.97. The fraction of sp³-hybridized carbons (Fsp3) is 0.462. The quantitative estimate of drug-likeness (QED) is 0.885. The largest absolute Gasteiger partial charge is 0.324 e. The Morgan fingerprint density at radius 3 is 2.11 bits per heavy atom. The number of benzene rings is 1. The monoisotopic (exact) mass is 269 g/mol. The highest BCUT2D eigenvalue weighted by atomic mass is 32.2. The predicted octanol–water partition coefficient (Wildman–Crippen LogP) is 1.85. The Morgan fingerprint density at radius 1 is 1.22 bits per heavy atom. The zero-order valence-electron chi connectivity index (χ0n) is 10.9. The molecule has 0 amide bonds. The number of carbonyl (C=O) groups is 1. The van der Waals surface area contributed by atoms with Gasteiger partial charge in [-0.25, -0.2) is 8.42 Å². The molecule has 0 radical (unpaired) electrons. The van der Waals surface area contributed by atoms with E-state index in [9.17, 15) is 13.2 Å². The number of Topliss-reactive ketones (excluding diaryl/α,β-unsaturated/α-hetero) is 1. The first-order chi connectivity index (χ1) is 8.25. The van der Waals surface area contributed by atoms with Gasteiger partial charge in [0.1, 0.15) is 5.78 Å². The molecule has 1 rings (SSSR count). The Bertz CT molecular complexity index is 518. The molecule has 1 unspecified atom stereocenters. The summed E-state index contributed by atoms with van der Waals surface area (Å²) in [7, 11) is -3.25. The number of hydrogen-bond acceptors (Lipinski definition) is 4. The van der Waals surface area contributed by atoms with E-state index in [0.717, 1.165) is 5.56 Å². The molecule has 0 bridgehead atoms. The van der Waals surface area contributed by atoms with Gasteiger partial charge in [0.25, 0.3) is 0 Å². The minimum Gasteiger partial charge on any atom is -0.324 e. The summed E-state index contributed by atoms with van der Waals surface area (Å²) in [4.78, 5) is 11.3. The van der Waals surface area contributed by atoms with Crippen LogP contribution in [0.4, 0.5) is 0 Å². The Labute approximate surface area is 108 Å². The van der Waals surface area contributed by atoms with Crippen LogP contribution in [0.2, 0.25) is 0 Å². The maximum absolute atomic E-state index is 11.9. The van der Waals surface area contributed by atoms with Crippen molar-refractivity contribution in [3.8, 4) is 0 Å². The summed E-state index contributed by atoms with van der Waals surface area (Å²) in [6.07, 6.45) is 0.260. The molecular formula is C13H19NO3S. The highest BCUT2D eigenvalue weighted by Gasteiger charge is 2.19. The fourth-order valence-corrected chi connectivity index (χ4v) is 2.66. The first kappa shape index (κ1) is 14.9. The molecule has 2 N–H and O–H groups in total. The van der Waals surface area contributed by atoms with E-state index in [4.69, 9.17) is 5.73 Å². The highest BCUT2D eigenvalue weighted by Crippen LogP contribution is 2.20. The van der Waals surface area contributed by atoms with E-state index >= 15 is 0 Å². The molecule has 0 saturated carbocycles. The third-order valence-electron chi connectivity index (χ3n) is 2.76. The van der Waals surface area contributed by atoms with E-state index in [1.54, 1.807) is 38.1 Å². The third kappa shape index (κ3) is 3.40. The lowest BCUT2D eigenvalue weighted by molar-refractivity contribution is -0.117. The van der Waals surface area contributed by atoms with E-state index in [0.29, 0.717) is 0 Å². The summed E-state index contributed by atoms with van der Waals surface area (Å²) in [6.45, 7) is 4.77. The van der Waals surface area contributed by atoms with Crippen LogP contribution in [0.5, 0.6) is 0 Å². The SMILES string of the molecule is CC(=O)CC(N)c1ccc(S(=O)(=O)C(C)C)cc1. The number of sulfone groups is 1. The molecule has 0 aliphatic carbocycles. The van der Waals surface area contributed by atoms with Gasteiger partial charge in [-0.1, -0.05) is 12.1 Å². The normalized spacial score (nSPS) is 13.6. The van der Waals surface area contributed by atoms with Gasteiger partial charge in [-0.15, -0.1) is 0 Å². The summed E-state index contributed by atoms with van der Waals surface area (Å²) in [5.74, 6) is 0.0152. The Morgan fingerprint density at radius 2 is 1.72 bits per heavy atom. The third-order valence-corrected chi connectivity index (χ3v) is 4.94. The fourth-order valence-electron chi connectivity index (χ4n) is 1.60. The molecule has 1 atom stereocenters. The minimum atomic E-state index is -3.25. The molecule has 0 aromatic heterocycles. The number of ketones is 1. The van der Waals surface area contributed by atoms with E-state index in [1.165, 1.54) is 6.92 Å². The lowest BCUT2D eigenvalue weighted by Crippen LogP contribution is -2.16. The van der Waals surface area contributed by atoms with Crippen LogP contribution in [0.15, 0.2) is 29.2 Å². The van der Waals surface area contributed by atoms with Crippen molar-refractivity contribution in [3.05, 3.63) is 29.8 Å². The van der Waals surface area contributed by atoms with Gasteiger partial charge in [-0.05, 0) is 38.5 Å².